The van der Waals surface area contributed by atoms with E-state index in [-0.39, 0.29) is 5.91 Å². The maximum atomic E-state index is 12.1. The van der Waals surface area contributed by atoms with E-state index < -0.39 is 0 Å². The number of aromatic nitrogens is 3. The van der Waals surface area contributed by atoms with Crippen molar-refractivity contribution in [1.29, 1.82) is 0 Å². The molecule has 98 valence electrons. The van der Waals surface area contributed by atoms with Crippen LogP contribution in [0.15, 0.2) is 55.0 Å². The quantitative estimate of drug-likeness (QED) is 0.717. The highest BCUT2D eigenvalue weighted by Crippen LogP contribution is 2.17. The van der Waals surface area contributed by atoms with Crippen LogP contribution in [0.3, 0.4) is 0 Å². The fraction of sp³-hybridized carbons (Fsp3) is 0.0667. The van der Waals surface area contributed by atoms with Crippen LogP contribution in [0.1, 0.15) is 10.4 Å². The van der Waals surface area contributed by atoms with Gasteiger partial charge >= 0.3 is 0 Å². The molecule has 3 aromatic rings. The van der Waals surface area contributed by atoms with E-state index in [4.69, 9.17) is 0 Å². The smallest absolute Gasteiger partial charge is 0.249 e. The van der Waals surface area contributed by atoms with Crippen LogP contribution in [-0.2, 0) is 6.42 Å². The molecule has 1 N–H and O–H groups in total. The topological polar surface area (TPSA) is 50.7 Å². The van der Waals surface area contributed by atoms with Crippen LogP contribution in [0.25, 0.3) is 11.3 Å². The second-order valence-electron chi connectivity index (χ2n) is 4.76. The minimum absolute atomic E-state index is 0.0390. The van der Waals surface area contributed by atoms with Gasteiger partial charge in [0.15, 0.2) is 0 Å². The zero-order chi connectivity index (χ0) is 13.9. The first kappa shape index (κ1) is 12.5. The lowest BCUT2D eigenvalue weighted by Crippen LogP contribution is -2.23. The minimum Gasteiger partial charge on any atom is -0.290 e. The molecule has 3 rings (SSSR count). The van der Waals surface area contributed by atoms with Crippen LogP contribution in [-0.4, -0.2) is 28.5 Å². The standard InChI is InChI=1S/C15H14BN3O/c16-13-4-2-1-3-12(13)9-15(20)19-10-14(18-19)11-5-7-17-8-6-11/h1-8,10,18H,9,16H2. The monoisotopic (exact) mass is 263 g/mol. The van der Waals surface area contributed by atoms with Crippen molar-refractivity contribution in [3.8, 4) is 11.3 Å². The molecule has 2 aromatic heterocycles. The van der Waals surface area contributed by atoms with E-state index in [0.29, 0.717) is 6.42 Å². The number of nitrogens with zero attached hydrogens (tertiary/aromatic N) is 2. The first-order valence-corrected chi connectivity index (χ1v) is 6.49. The fourth-order valence-electron chi connectivity index (χ4n) is 2.12. The van der Waals surface area contributed by atoms with Gasteiger partial charge < -0.3 is 0 Å². The molecule has 2 heterocycles. The van der Waals surface area contributed by atoms with Crippen LogP contribution in [0.5, 0.6) is 0 Å². The second kappa shape index (κ2) is 5.21. The van der Waals surface area contributed by atoms with Crippen molar-refractivity contribution < 1.29 is 4.79 Å². The molecule has 0 amide bonds. The fourth-order valence-corrected chi connectivity index (χ4v) is 2.12. The third kappa shape index (κ3) is 2.43. The average Bonchev–Trinajstić information content (AvgIpc) is 2.41. The highest BCUT2D eigenvalue weighted by molar-refractivity contribution is 6.33. The first-order chi connectivity index (χ1) is 9.74. The van der Waals surface area contributed by atoms with Gasteiger partial charge in [-0.25, -0.2) is 4.68 Å². The number of hydrogen-bond acceptors (Lipinski definition) is 2. The van der Waals surface area contributed by atoms with Crippen LogP contribution >= 0.6 is 0 Å². The maximum Gasteiger partial charge on any atom is 0.249 e. The van der Waals surface area contributed by atoms with E-state index in [1.165, 1.54) is 4.68 Å². The number of carbonyl (C=O) groups excluding carboxylic acids is 1. The number of carbonyl (C=O) groups is 1. The minimum atomic E-state index is 0.0390. The summed E-state index contributed by atoms with van der Waals surface area (Å²) in [6, 6.07) is 11.7. The number of nitrogens with one attached hydrogen (secondary N) is 1. The molecule has 0 aliphatic rings. The normalized spacial score (nSPS) is 10.6. The first-order valence-electron chi connectivity index (χ1n) is 6.49. The lowest BCUT2D eigenvalue weighted by atomic mass is 9.89. The van der Waals surface area contributed by atoms with Gasteiger partial charge in [-0.2, -0.15) is 0 Å². The van der Waals surface area contributed by atoms with E-state index in [9.17, 15) is 4.79 Å². The summed E-state index contributed by atoms with van der Waals surface area (Å²) in [6.45, 7) is 0. The Morgan fingerprint density at radius 3 is 2.60 bits per heavy atom. The third-order valence-corrected chi connectivity index (χ3v) is 3.36. The molecule has 0 radical (unpaired) electrons. The summed E-state index contributed by atoms with van der Waals surface area (Å²) in [5.74, 6) is 0.0390. The van der Waals surface area contributed by atoms with Crippen molar-refractivity contribution in [3.05, 3.63) is 60.6 Å². The van der Waals surface area contributed by atoms with E-state index in [1.807, 2.05) is 50.4 Å². The largest absolute Gasteiger partial charge is 0.290 e. The molecule has 1 aromatic carbocycles. The molecule has 0 saturated carbocycles. The van der Waals surface area contributed by atoms with Crippen LogP contribution in [0.4, 0.5) is 0 Å². The number of rotatable bonds is 3. The van der Waals surface area contributed by atoms with Crippen LogP contribution in [0, 0.1) is 0 Å². The van der Waals surface area contributed by atoms with Gasteiger partial charge in [0, 0.05) is 18.0 Å². The van der Waals surface area contributed by atoms with E-state index >= 15 is 0 Å². The predicted molar refractivity (Wildman–Crippen MR) is 81.0 cm³/mol. The number of hydrogen-bond donors (Lipinski definition) is 1. The summed E-state index contributed by atoms with van der Waals surface area (Å²) in [5.41, 5.74) is 4.16. The molecule has 0 unspecified atom stereocenters. The highest BCUT2D eigenvalue weighted by Gasteiger charge is 2.12. The predicted octanol–water partition coefficient (Wildman–Crippen LogP) is 1.02. The van der Waals surface area contributed by atoms with E-state index in [2.05, 4.69) is 10.1 Å². The lowest BCUT2D eigenvalue weighted by Gasteiger charge is -2.15. The molecule has 4 nitrogen and oxygen atoms in total. The SMILES string of the molecule is Bc1ccccc1CC(=O)n1cc(-c2ccncc2)[nH]1. The number of pyridine rings is 1. The maximum absolute atomic E-state index is 12.1. The molecule has 0 spiro atoms. The van der Waals surface area contributed by atoms with Gasteiger partial charge in [-0.3, -0.25) is 14.9 Å². The Bertz CT molecular complexity index is 718. The van der Waals surface area contributed by atoms with Crippen molar-refractivity contribution in [2.75, 3.05) is 0 Å². The van der Waals surface area contributed by atoms with Gasteiger partial charge in [0.2, 0.25) is 5.91 Å². The molecule has 20 heavy (non-hydrogen) atoms. The average molecular weight is 263 g/mol. The van der Waals surface area contributed by atoms with Crippen molar-refractivity contribution in [2.45, 2.75) is 6.42 Å². The van der Waals surface area contributed by atoms with Gasteiger partial charge in [0.1, 0.15) is 7.85 Å². The Morgan fingerprint density at radius 2 is 1.90 bits per heavy atom. The molecular formula is C15H14BN3O. The van der Waals surface area contributed by atoms with Crippen LogP contribution < -0.4 is 5.46 Å². The molecule has 0 atom stereocenters. The molecular weight excluding hydrogens is 249 g/mol. The summed E-state index contributed by atoms with van der Waals surface area (Å²) in [5, 5.41) is 3.05. The van der Waals surface area contributed by atoms with Crippen molar-refractivity contribution in [2.24, 2.45) is 0 Å². The van der Waals surface area contributed by atoms with Crippen molar-refractivity contribution >= 4 is 19.2 Å². The Balaban J connectivity index is 1.72. The Morgan fingerprint density at radius 1 is 1.20 bits per heavy atom. The summed E-state index contributed by atoms with van der Waals surface area (Å²) in [7, 11) is 2.02. The molecule has 0 saturated heterocycles. The lowest BCUT2D eigenvalue weighted by molar-refractivity contribution is 0.0891. The number of H-pyrrole nitrogens is 1. The van der Waals surface area contributed by atoms with Crippen molar-refractivity contribution in [3.63, 3.8) is 0 Å². The molecule has 5 heteroatoms. The summed E-state index contributed by atoms with van der Waals surface area (Å²) >= 11 is 0. The van der Waals surface area contributed by atoms with Gasteiger partial charge in [-0.15, -0.1) is 0 Å². The second-order valence-corrected chi connectivity index (χ2v) is 4.76. The Kier molecular flexibility index (Phi) is 3.25. The van der Waals surface area contributed by atoms with Gasteiger partial charge in [0.25, 0.3) is 0 Å². The Labute approximate surface area is 117 Å². The summed E-state index contributed by atoms with van der Waals surface area (Å²) < 4.78 is 1.53. The molecule has 0 fully saturated rings. The summed E-state index contributed by atoms with van der Waals surface area (Å²) in [6.07, 6.45) is 5.68. The Hall–Kier alpha value is -2.56. The van der Waals surface area contributed by atoms with E-state index in [0.717, 1.165) is 22.3 Å². The molecule has 0 bridgehead atoms. The molecule has 0 aliphatic heterocycles. The van der Waals surface area contributed by atoms with E-state index in [1.54, 1.807) is 12.4 Å². The zero-order valence-corrected chi connectivity index (χ0v) is 11.2. The third-order valence-electron chi connectivity index (χ3n) is 3.36. The number of aromatic amines is 1. The number of benzene rings is 1. The van der Waals surface area contributed by atoms with Gasteiger partial charge in [-0.05, 0) is 17.7 Å². The summed E-state index contributed by atoms with van der Waals surface area (Å²) in [4.78, 5) is 16.1. The molecule has 0 aliphatic carbocycles. The van der Waals surface area contributed by atoms with Gasteiger partial charge in [-0.1, -0.05) is 29.7 Å². The van der Waals surface area contributed by atoms with Crippen LogP contribution in [0.2, 0.25) is 0 Å². The zero-order valence-electron chi connectivity index (χ0n) is 11.2. The van der Waals surface area contributed by atoms with Gasteiger partial charge in [0.05, 0.1) is 18.3 Å². The van der Waals surface area contributed by atoms with Crippen molar-refractivity contribution in [1.82, 2.24) is 14.8 Å². The highest BCUT2D eigenvalue weighted by atomic mass is 16.2.